The molecule has 0 spiro atoms. The van der Waals surface area contributed by atoms with Gasteiger partial charge in [-0.3, -0.25) is 4.68 Å². The second kappa shape index (κ2) is 5.23. The minimum absolute atomic E-state index is 0.610. The Bertz CT molecular complexity index is 546. The largest absolute Gasteiger partial charge is 0.496 e. The third-order valence-electron chi connectivity index (χ3n) is 2.99. The maximum Gasteiger partial charge on any atom is 0.121 e. The third kappa shape index (κ3) is 2.38. The SMILES string of the molecule is COc1ccc(-c2cn(C)nc2CCN)cc1C. The molecular formula is C14H19N3O. The highest BCUT2D eigenvalue weighted by molar-refractivity contribution is 5.67. The molecule has 0 fully saturated rings. The molecule has 18 heavy (non-hydrogen) atoms. The van der Waals surface area contributed by atoms with Gasteiger partial charge in [-0.1, -0.05) is 6.07 Å². The second-order valence-corrected chi connectivity index (χ2v) is 4.39. The Morgan fingerprint density at radius 3 is 2.78 bits per heavy atom. The summed E-state index contributed by atoms with van der Waals surface area (Å²) in [6.45, 7) is 2.65. The lowest BCUT2D eigenvalue weighted by molar-refractivity contribution is 0.412. The molecule has 1 aromatic carbocycles. The number of hydrogen-bond acceptors (Lipinski definition) is 3. The lowest BCUT2D eigenvalue weighted by atomic mass is 10.0. The third-order valence-corrected chi connectivity index (χ3v) is 2.99. The van der Waals surface area contributed by atoms with Gasteiger partial charge in [0.2, 0.25) is 0 Å². The number of aryl methyl sites for hydroxylation is 2. The number of ether oxygens (including phenoxy) is 1. The van der Waals surface area contributed by atoms with Crippen molar-refractivity contribution in [3.05, 3.63) is 35.7 Å². The van der Waals surface area contributed by atoms with Gasteiger partial charge in [0.1, 0.15) is 5.75 Å². The quantitative estimate of drug-likeness (QED) is 0.895. The van der Waals surface area contributed by atoms with Crippen LogP contribution in [-0.2, 0) is 13.5 Å². The van der Waals surface area contributed by atoms with Crippen molar-refractivity contribution in [1.82, 2.24) is 9.78 Å². The molecule has 4 nitrogen and oxygen atoms in total. The van der Waals surface area contributed by atoms with Crippen LogP contribution in [0.1, 0.15) is 11.3 Å². The number of aromatic nitrogens is 2. The molecule has 0 atom stereocenters. The van der Waals surface area contributed by atoms with Crippen molar-refractivity contribution in [2.75, 3.05) is 13.7 Å². The lowest BCUT2D eigenvalue weighted by Crippen LogP contribution is -2.04. The monoisotopic (exact) mass is 245 g/mol. The molecule has 1 heterocycles. The minimum atomic E-state index is 0.610. The average molecular weight is 245 g/mol. The van der Waals surface area contributed by atoms with Crippen LogP contribution < -0.4 is 10.5 Å². The summed E-state index contributed by atoms with van der Waals surface area (Å²) < 4.78 is 7.11. The van der Waals surface area contributed by atoms with E-state index >= 15 is 0 Å². The topological polar surface area (TPSA) is 53.1 Å². The van der Waals surface area contributed by atoms with Crippen molar-refractivity contribution in [2.24, 2.45) is 12.8 Å². The van der Waals surface area contributed by atoms with Gasteiger partial charge >= 0.3 is 0 Å². The fourth-order valence-electron chi connectivity index (χ4n) is 2.14. The van der Waals surface area contributed by atoms with Gasteiger partial charge in [-0.25, -0.2) is 0 Å². The van der Waals surface area contributed by atoms with E-state index in [9.17, 15) is 0 Å². The summed E-state index contributed by atoms with van der Waals surface area (Å²) >= 11 is 0. The first kappa shape index (κ1) is 12.6. The molecule has 2 aromatic rings. The minimum Gasteiger partial charge on any atom is -0.496 e. The van der Waals surface area contributed by atoms with E-state index in [2.05, 4.69) is 17.2 Å². The highest BCUT2D eigenvalue weighted by Crippen LogP contribution is 2.28. The lowest BCUT2D eigenvalue weighted by Gasteiger charge is -2.07. The number of rotatable bonds is 4. The van der Waals surface area contributed by atoms with Crippen LogP contribution in [0.5, 0.6) is 5.75 Å². The van der Waals surface area contributed by atoms with Gasteiger partial charge in [-0.2, -0.15) is 5.10 Å². The van der Waals surface area contributed by atoms with Crippen molar-refractivity contribution in [1.29, 1.82) is 0 Å². The zero-order valence-corrected chi connectivity index (χ0v) is 11.1. The van der Waals surface area contributed by atoms with Crippen molar-refractivity contribution in [3.63, 3.8) is 0 Å². The standard InChI is InChI=1S/C14H19N3O/c1-10-8-11(4-5-14(10)18-3)12-9-17(2)16-13(12)6-7-15/h4-5,8-9H,6-7,15H2,1-3H3. The Morgan fingerprint density at radius 2 is 2.17 bits per heavy atom. The molecule has 4 heteroatoms. The summed E-state index contributed by atoms with van der Waals surface area (Å²) in [4.78, 5) is 0. The van der Waals surface area contributed by atoms with Crippen LogP contribution in [0.15, 0.2) is 24.4 Å². The van der Waals surface area contributed by atoms with Gasteiger partial charge in [-0.05, 0) is 36.7 Å². The first-order chi connectivity index (χ1) is 8.65. The maximum atomic E-state index is 5.62. The summed E-state index contributed by atoms with van der Waals surface area (Å²) in [5.41, 5.74) is 10.1. The molecule has 0 radical (unpaired) electrons. The fourth-order valence-corrected chi connectivity index (χ4v) is 2.14. The van der Waals surface area contributed by atoms with Crippen LogP contribution in [0.3, 0.4) is 0 Å². The summed E-state index contributed by atoms with van der Waals surface area (Å²) in [6.07, 6.45) is 2.83. The molecule has 96 valence electrons. The van der Waals surface area contributed by atoms with E-state index in [1.54, 1.807) is 7.11 Å². The molecule has 0 amide bonds. The van der Waals surface area contributed by atoms with E-state index < -0.39 is 0 Å². The molecule has 0 saturated heterocycles. The Balaban J connectivity index is 2.44. The second-order valence-electron chi connectivity index (χ2n) is 4.39. The van der Waals surface area contributed by atoms with Gasteiger partial charge in [-0.15, -0.1) is 0 Å². The van der Waals surface area contributed by atoms with E-state index in [1.807, 2.05) is 30.9 Å². The molecule has 0 aliphatic carbocycles. The normalized spacial score (nSPS) is 10.7. The van der Waals surface area contributed by atoms with Crippen molar-refractivity contribution in [2.45, 2.75) is 13.3 Å². The molecule has 0 saturated carbocycles. The summed E-state index contributed by atoms with van der Waals surface area (Å²) in [5.74, 6) is 0.906. The van der Waals surface area contributed by atoms with Crippen molar-refractivity contribution < 1.29 is 4.74 Å². The highest BCUT2D eigenvalue weighted by Gasteiger charge is 2.10. The maximum absolute atomic E-state index is 5.62. The smallest absolute Gasteiger partial charge is 0.121 e. The van der Waals surface area contributed by atoms with E-state index in [0.29, 0.717) is 6.54 Å². The van der Waals surface area contributed by atoms with Crippen LogP contribution in [-0.4, -0.2) is 23.4 Å². The van der Waals surface area contributed by atoms with Gasteiger partial charge in [0.25, 0.3) is 0 Å². The zero-order chi connectivity index (χ0) is 13.1. The number of hydrogen-bond donors (Lipinski definition) is 1. The fraction of sp³-hybridized carbons (Fsp3) is 0.357. The summed E-state index contributed by atoms with van der Waals surface area (Å²) in [6, 6.07) is 6.17. The van der Waals surface area contributed by atoms with Crippen molar-refractivity contribution >= 4 is 0 Å². The molecule has 0 aliphatic heterocycles. The predicted octanol–water partition coefficient (Wildman–Crippen LogP) is 1.91. The Hall–Kier alpha value is -1.81. The zero-order valence-electron chi connectivity index (χ0n) is 11.1. The Morgan fingerprint density at radius 1 is 1.39 bits per heavy atom. The van der Waals surface area contributed by atoms with Gasteiger partial charge < -0.3 is 10.5 Å². The van der Waals surface area contributed by atoms with E-state index in [0.717, 1.165) is 34.6 Å². The molecule has 2 rings (SSSR count). The first-order valence-corrected chi connectivity index (χ1v) is 6.03. The molecule has 2 N–H and O–H groups in total. The number of nitrogens with two attached hydrogens (primary N) is 1. The predicted molar refractivity (Wildman–Crippen MR) is 72.7 cm³/mol. The van der Waals surface area contributed by atoms with E-state index in [4.69, 9.17) is 10.5 Å². The molecular weight excluding hydrogens is 226 g/mol. The van der Waals surface area contributed by atoms with Crippen LogP contribution in [0.2, 0.25) is 0 Å². The average Bonchev–Trinajstić information content (AvgIpc) is 2.71. The molecule has 0 bridgehead atoms. The van der Waals surface area contributed by atoms with Crippen LogP contribution >= 0.6 is 0 Å². The first-order valence-electron chi connectivity index (χ1n) is 6.03. The van der Waals surface area contributed by atoms with Crippen LogP contribution in [0.4, 0.5) is 0 Å². The Labute approximate surface area is 107 Å². The molecule has 0 unspecified atom stereocenters. The summed E-state index contributed by atoms with van der Waals surface area (Å²) in [7, 11) is 3.62. The number of methoxy groups -OCH3 is 1. The molecule has 0 aliphatic rings. The highest BCUT2D eigenvalue weighted by atomic mass is 16.5. The van der Waals surface area contributed by atoms with Crippen molar-refractivity contribution in [3.8, 4) is 16.9 Å². The van der Waals surface area contributed by atoms with E-state index in [1.165, 1.54) is 0 Å². The molecule has 1 aromatic heterocycles. The number of benzene rings is 1. The van der Waals surface area contributed by atoms with Gasteiger partial charge in [0.15, 0.2) is 0 Å². The van der Waals surface area contributed by atoms with Crippen LogP contribution in [0.25, 0.3) is 11.1 Å². The number of nitrogens with zero attached hydrogens (tertiary/aromatic N) is 2. The summed E-state index contributed by atoms with van der Waals surface area (Å²) in [5, 5.41) is 4.45. The van der Waals surface area contributed by atoms with Crippen LogP contribution in [0, 0.1) is 6.92 Å². The van der Waals surface area contributed by atoms with Gasteiger partial charge in [0, 0.05) is 25.2 Å². The Kier molecular flexibility index (Phi) is 3.67. The van der Waals surface area contributed by atoms with Gasteiger partial charge in [0.05, 0.1) is 12.8 Å². The van der Waals surface area contributed by atoms with E-state index in [-0.39, 0.29) is 0 Å².